The molecule has 0 aliphatic carbocycles. The standard InChI is InChI=1S/C16H15N3O3/c1-11-7-16(17-9-14(11)19(20)21)18(2)10-13-8-12-5-3-4-6-15(12)22-13/h3-9H,10H2,1-2H3. The van der Waals surface area contributed by atoms with Crippen LogP contribution in [0.15, 0.2) is 47.0 Å². The van der Waals surface area contributed by atoms with E-state index in [1.165, 1.54) is 6.20 Å². The molecule has 0 aliphatic heterocycles. The summed E-state index contributed by atoms with van der Waals surface area (Å²) < 4.78 is 5.77. The Balaban J connectivity index is 1.83. The van der Waals surface area contributed by atoms with E-state index < -0.39 is 4.92 Å². The van der Waals surface area contributed by atoms with Gasteiger partial charge in [0.25, 0.3) is 5.69 Å². The van der Waals surface area contributed by atoms with E-state index in [1.54, 1.807) is 13.0 Å². The maximum atomic E-state index is 10.8. The molecule has 6 nitrogen and oxygen atoms in total. The molecule has 0 fully saturated rings. The Morgan fingerprint density at radius 3 is 2.77 bits per heavy atom. The summed E-state index contributed by atoms with van der Waals surface area (Å²) in [4.78, 5) is 16.5. The third kappa shape index (κ3) is 2.63. The summed E-state index contributed by atoms with van der Waals surface area (Å²) in [5, 5.41) is 11.9. The molecule has 0 amide bonds. The quantitative estimate of drug-likeness (QED) is 0.542. The highest BCUT2D eigenvalue weighted by molar-refractivity contribution is 5.77. The number of nitro groups is 1. The van der Waals surface area contributed by atoms with E-state index in [0.29, 0.717) is 17.9 Å². The molecule has 6 heteroatoms. The second kappa shape index (κ2) is 5.48. The summed E-state index contributed by atoms with van der Waals surface area (Å²) in [6, 6.07) is 11.5. The van der Waals surface area contributed by atoms with Crippen LogP contribution in [0.5, 0.6) is 0 Å². The van der Waals surface area contributed by atoms with Gasteiger partial charge in [0.05, 0.1) is 11.5 Å². The first-order valence-electron chi connectivity index (χ1n) is 6.84. The van der Waals surface area contributed by atoms with Gasteiger partial charge in [0.1, 0.15) is 23.4 Å². The molecule has 0 radical (unpaired) electrons. The SMILES string of the molecule is Cc1cc(N(C)Cc2cc3ccccc3o2)ncc1[N+](=O)[O-]. The normalized spacial score (nSPS) is 10.8. The zero-order valence-corrected chi connectivity index (χ0v) is 12.3. The molecule has 3 aromatic rings. The first-order valence-corrected chi connectivity index (χ1v) is 6.84. The number of hydrogen-bond donors (Lipinski definition) is 0. The molecule has 0 saturated heterocycles. The van der Waals surface area contributed by atoms with Gasteiger partial charge in [0.2, 0.25) is 0 Å². The Bertz CT molecular complexity index is 809. The van der Waals surface area contributed by atoms with Crippen LogP contribution in [-0.4, -0.2) is 17.0 Å². The Morgan fingerprint density at radius 1 is 1.32 bits per heavy atom. The van der Waals surface area contributed by atoms with E-state index in [0.717, 1.165) is 16.7 Å². The summed E-state index contributed by atoms with van der Waals surface area (Å²) in [7, 11) is 1.88. The smallest absolute Gasteiger partial charge is 0.290 e. The van der Waals surface area contributed by atoms with Crippen LogP contribution >= 0.6 is 0 Å². The lowest BCUT2D eigenvalue weighted by Gasteiger charge is -2.16. The third-order valence-electron chi connectivity index (χ3n) is 3.53. The van der Waals surface area contributed by atoms with Crippen molar-refractivity contribution >= 4 is 22.5 Å². The van der Waals surface area contributed by atoms with Gasteiger partial charge in [0, 0.05) is 18.0 Å². The number of benzene rings is 1. The van der Waals surface area contributed by atoms with Crippen LogP contribution in [0.2, 0.25) is 0 Å². The Labute approximate surface area is 127 Å². The molecule has 3 rings (SSSR count). The van der Waals surface area contributed by atoms with Crippen molar-refractivity contribution in [1.82, 2.24) is 4.98 Å². The van der Waals surface area contributed by atoms with E-state index in [9.17, 15) is 10.1 Å². The average Bonchev–Trinajstić information content (AvgIpc) is 2.88. The number of hydrogen-bond acceptors (Lipinski definition) is 5. The zero-order chi connectivity index (χ0) is 15.7. The van der Waals surface area contributed by atoms with Crippen LogP contribution in [0.25, 0.3) is 11.0 Å². The number of furan rings is 1. The molecule has 0 unspecified atom stereocenters. The minimum Gasteiger partial charge on any atom is -0.459 e. The van der Waals surface area contributed by atoms with Crippen molar-refractivity contribution in [2.45, 2.75) is 13.5 Å². The number of aryl methyl sites for hydroxylation is 1. The van der Waals surface area contributed by atoms with E-state index >= 15 is 0 Å². The molecule has 0 aliphatic rings. The molecule has 0 spiro atoms. The number of anilines is 1. The molecule has 112 valence electrons. The lowest BCUT2D eigenvalue weighted by Crippen LogP contribution is -2.17. The second-order valence-electron chi connectivity index (χ2n) is 5.19. The molecule has 0 atom stereocenters. The lowest BCUT2D eigenvalue weighted by atomic mass is 10.2. The summed E-state index contributed by atoms with van der Waals surface area (Å²) in [5.41, 5.74) is 1.46. The molecule has 0 saturated carbocycles. The van der Waals surface area contributed by atoms with Crippen LogP contribution in [0, 0.1) is 17.0 Å². The van der Waals surface area contributed by atoms with Crippen LogP contribution in [0.1, 0.15) is 11.3 Å². The van der Waals surface area contributed by atoms with Crippen LogP contribution in [0.3, 0.4) is 0 Å². The minimum absolute atomic E-state index is 0.0286. The largest absolute Gasteiger partial charge is 0.459 e. The maximum absolute atomic E-state index is 10.8. The summed E-state index contributed by atoms with van der Waals surface area (Å²) in [6.45, 7) is 2.25. The Morgan fingerprint density at radius 2 is 2.09 bits per heavy atom. The molecule has 22 heavy (non-hydrogen) atoms. The first kappa shape index (κ1) is 14.1. The van der Waals surface area contributed by atoms with E-state index in [-0.39, 0.29) is 5.69 Å². The first-order chi connectivity index (χ1) is 10.5. The topological polar surface area (TPSA) is 72.4 Å². The van der Waals surface area contributed by atoms with Crippen LogP contribution < -0.4 is 4.90 Å². The molecular weight excluding hydrogens is 282 g/mol. The monoisotopic (exact) mass is 297 g/mol. The van der Waals surface area contributed by atoms with Crippen molar-refractivity contribution in [3.05, 3.63) is 64.0 Å². The van der Waals surface area contributed by atoms with Gasteiger partial charge < -0.3 is 9.32 Å². The van der Waals surface area contributed by atoms with Gasteiger partial charge in [-0.15, -0.1) is 0 Å². The van der Waals surface area contributed by atoms with Gasteiger partial charge in [-0.1, -0.05) is 18.2 Å². The Kier molecular flexibility index (Phi) is 3.50. The molecule has 0 bridgehead atoms. The lowest BCUT2D eigenvalue weighted by molar-refractivity contribution is -0.385. The fourth-order valence-electron chi connectivity index (χ4n) is 2.36. The Hall–Kier alpha value is -2.89. The number of nitrogens with zero attached hydrogens (tertiary/aromatic N) is 3. The average molecular weight is 297 g/mol. The number of para-hydroxylation sites is 1. The van der Waals surface area contributed by atoms with Gasteiger partial charge in [-0.25, -0.2) is 4.98 Å². The summed E-state index contributed by atoms with van der Waals surface area (Å²) in [6.07, 6.45) is 1.29. The minimum atomic E-state index is -0.425. The van der Waals surface area contributed by atoms with Crippen molar-refractivity contribution < 1.29 is 9.34 Å². The van der Waals surface area contributed by atoms with Crippen LogP contribution in [0.4, 0.5) is 11.5 Å². The molecule has 1 aromatic carbocycles. The fourth-order valence-corrected chi connectivity index (χ4v) is 2.36. The number of aromatic nitrogens is 1. The maximum Gasteiger partial charge on any atom is 0.290 e. The molecule has 2 heterocycles. The van der Waals surface area contributed by atoms with Gasteiger partial charge in [0.15, 0.2) is 0 Å². The summed E-state index contributed by atoms with van der Waals surface area (Å²) in [5.74, 6) is 1.49. The fraction of sp³-hybridized carbons (Fsp3) is 0.188. The van der Waals surface area contributed by atoms with Gasteiger partial charge in [-0.2, -0.15) is 0 Å². The predicted molar refractivity (Wildman–Crippen MR) is 83.9 cm³/mol. The second-order valence-corrected chi connectivity index (χ2v) is 5.19. The molecular formula is C16H15N3O3. The van der Waals surface area contributed by atoms with Gasteiger partial charge >= 0.3 is 0 Å². The van der Waals surface area contributed by atoms with E-state index in [1.807, 2.05) is 42.3 Å². The van der Waals surface area contributed by atoms with Crippen molar-refractivity contribution in [3.8, 4) is 0 Å². The van der Waals surface area contributed by atoms with Gasteiger partial charge in [-0.3, -0.25) is 10.1 Å². The highest BCUT2D eigenvalue weighted by Crippen LogP contribution is 2.24. The number of pyridine rings is 1. The van der Waals surface area contributed by atoms with Crippen molar-refractivity contribution in [1.29, 1.82) is 0 Å². The third-order valence-corrected chi connectivity index (χ3v) is 3.53. The van der Waals surface area contributed by atoms with E-state index in [2.05, 4.69) is 4.98 Å². The number of rotatable bonds is 4. The van der Waals surface area contributed by atoms with Crippen molar-refractivity contribution in [3.63, 3.8) is 0 Å². The summed E-state index contributed by atoms with van der Waals surface area (Å²) >= 11 is 0. The van der Waals surface area contributed by atoms with Gasteiger partial charge in [-0.05, 0) is 25.1 Å². The zero-order valence-electron chi connectivity index (χ0n) is 12.3. The van der Waals surface area contributed by atoms with Crippen molar-refractivity contribution in [2.24, 2.45) is 0 Å². The van der Waals surface area contributed by atoms with E-state index in [4.69, 9.17) is 4.42 Å². The van der Waals surface area contributed by atoms with Crippen LogP contribution in [-0.2, 0) is 6.54 Å². The molecule has 2 aromatic heterocycles. The number of fused-ring (bicyclic) bond motifs is 1. The molecule has 0 N–H and O–H groups in total. The predicted octanol–water partition coefficient (Wildman–Crippen LogP) is 3.68. The highest BCUT2D eigenvalue weighted by atomic mass is 16.6. The highest BCUT2D eigenvalue weighted by Gasteiger charge is 2.14. The van der Waals surface area contributed by atoms with Crippen molar-refractivity contribution in [2.75, 3.05) is 11.9 Å².